The molecule has 2 aliphatic heterocycles. The molecule has 0 aliphatic carbocycles. The van der Waals surface area contributed by atoms with Crippen molar-refractivity contribution in [1.29, 1.82) is 0 Å². The molecule has 0 amide bonds. The van der Waals surface area contributed by atoms with E-state index in [4.69, 9.17) is 9.72 Å². The van der Waals surface area contributed by atoms with Crippen LogP contribution in [0.2, 0.25) is 0 Å². The Balaban J connectivity index is 1.95. The van der Waals surface area contributed by atoms with Gasteiger partial charge in [0, 0.05) is 29.4 Å². The quantitative estimate of drug-likeness (QED) is 0.718. The van der Waals surface area contributed by atoms with Crippen molar-refractivity contribution in [1.82, 2.24) is 9.55 Å². The molecule has 22 heavy (non-hydrogen) atoms. The second-order valence-electron chi connectivity index (χ2n) is 6.65. The molecular weight excluding hydrogens is 272 g/mol. The number of aromatic nitrogens is 2. The largest absolute Gasteiger partial charge is 0.497 e. The second-order valence-corrected chi connectivity index (χ2v) is 6.65. The number of nitrogens with zero attached hydrogens (tertiary/aromatic N) is 2. The summed E-state index contributed by atoms with van der Waals surface area (Å²) >= 11 is 0. The number of benzene rings is 1. The Labute approximate surface area is 131 Å². The highest BCUT2D eigenvalue weighted by atomic mass is 16.5. The lowest BCUT2D eigenvalue weighted by molar-refractivity contribution is 0.414. The van der Waals surface area contributed by atoms with Crippen molar-refractivity contribution in [2.45, 2.75) is 32.7 Å². The molecule has 1 aromatic carbocycles. The molecule has 0 unspecified atom stereocenters. The number of hydrogen-bond acceptors (Lipinski definition) is 2. The molecule has 0 atom stereocenters. The first kappa shape index (κ1) is 14.6. The maximum atomic E-state index is 5.21. The molecule has 0 aromatic heterocycles. The van der Waals surface area contributed by atoms with Crippen LogP contribution in [0.3, 0.4) is 0 Å². The van der Waals surface area contributed by atoms with Gasteiger partial charge in [-0.1, -0.05) is 32.9 Å². The SMILES string of the molecule is COc1ccc(Cn2cccc3cc(C(C)(C)C)nc2-3)cc1. The van der Waals surface area contributed by atoms with E-state index in [1.165, 1.54) is 11.1 Å². The maximum Gasteiger partial charge on any atom is 0.140 e. The molecule has 3 nitrogen and oxygen atoms in total. The molecule has 1 aromatic rings. The highest BCUT2D eigenvalue weighted by molar-refractivity contribution is 5.60. The summed E-state index contributed by atoms with van der Waals surface area (Å²) in [4.78, 5) is 4.85. The van der Waals surface area contributed by atoms with E-state index in [1.54, 1.807) is 7.11 Å². The molecule has 0 bridgehead atoms. The topological polar surface area (TPSA) is 27.1 Å². The predicted octanol–water partition coefficient (Wildman–Crippen LogP) is 4.34. The van der Waals surface area contributed by atoms with Crippen molar-refractivity contribution in [3.05, 3.63) is 59.9 Å². The molecule has 0 saturated heterocycles. The Morgan fingerprint density at radius 3 is 2.45 bits per heavy atom. The third kappa shape index (κ3) is 2.84. The van der Waals surface area contributed by atoms with Crippen LogP contribution in [-0.4, -0.2) is 16.7 Å². The Kier molecular flexibility index (Phi) is 3.65. The van der Waals surface area contributed by atoms with Gasteiger partial charge < -0.3 is 9.30 Å². The van der Waals surface area contributed by atoms with Crippen LogP contribution < -0.4 is 4.74 Å². The van der Waals surface area contributed by atoms with Crippen molar-refractivity contribution >= 4 is 0 Å². The standard InChI is InChI=1S/C19H22N2O/c1-19(2,3)17-12-15-6-5-11-21(18(15)20-17)13-14-7-9-16(22-4)10-8-14/h5-12H,13H2,1-4H3. The van der Waals surface area contributed by atoms with Crippen LogP contribution in [0, 0.1) is 0 Å². The fourth-order valence-corrected chi connectivity index (χ4v) is 2.54. The van der Waals surface area contributed by atoms with Crippen molar-refractivity contribution in [2.24, 2.45) is 0 Å². The lowest BCUT2D eigenvalue weighted by atomic mass is 9.92. The van der Waals surface area contributed by atoms with Gasteiger partial charge in [0.15, 0.2) is 0 Å². The van der Waals surface area contributed by atoms with Crippen LogP contribution >= 0.6 is 0 Å². The zero-order valence-electron chi connectivity index (χ0n) is 13.6. The van der Waals surface area contributed by atoms with Crippen LogP contribution in [-0.2, 0) is 12.0 Å². The van der Waals surface area contributed by atoms with Gasteiger partial charge in [-0.15, -0.1) is 0 Å². The zero-order chi connectivity index (χ0) is 15.7. The Morgan fingerprint density at radius 1 is 1.09 bits per heavy atom. The van der Waals surface area contributed by atoms with E-state index in [2.05, 4.69) is 61.9 Å². The van der Waals surface area contributed by atoms with Crippen LogP contribution in [0.4, 0.5) is 0 Å². The lowest BCUT2D eigenvalue weighted by Gasteiger charge is -2.14. The van der Waals surface area contributed by atoms with Crippen molar-refractivity contribution in [3.8, 4) is 17.1 Å². The molecule has 2 aliphatic rings. The predicted molar refractivity (Wildman–Crippen MR) is 89.6 cm³/mol. The molecule has 0 spiro atoms. The molecule has 0 radical (unpaired) electrons. The summed E-state index contributed by atoms with van der Waals surface area (Å²) in [6.45, 7) is 7.40. The number of hydrogen-bond donors (Lipinski definition) is 0. The van der Waals surface area contributed by atoms with Crippen molar-refractivity contribution in [2.75, 3.05) is 7.11 Å². The van der Waals surface area contributed by atoms with Gasteiger partial charge in [0.1, 0.15) is 11.6 Å². The first-order valence-corrected chi connectivity index (χ1v) is 7.57. The smallest absolute Gasteiger partial charge is 0.140 e. The first-order valence-electron chi connectivity index (χ1n) is 7.57. The average Bonchev–Trinajstić information content (AvgIpc) is 2.93. The fraction of sp³-hybridized carbons (Fsp3) is 0.316. The average molecular weight is 294 g/mol. The highest BCUT2D eigenvalue weighted by Crippen LogP contribution is 2.30. The molecule has 0 fully saturated rings. The van der Waals surface area contributed by atoms with Crippen molar-refractivity contribution in [3.63, 3.8) is 0 Å². The second kappa shape index (κ2) is 5.48. The third-order valence-corrected chi connectivity index (χ3v) is 3.87. The summed E-state index contributed by atoms with van der Waals surface area (Å²) < 4.78 is 7.41. The third-order valence-electron chi connectivity index (χ3n) is 3.87. The van der Waals surface area contributed by atoms with Gasteiger partial charge >= 0.3 is 0 Å². The monoisotopic (exact) mass is 294 g/mol. The molecule has 3 rings (SSSR count). The van der Waals surface area contributed by atoms with Crippen LogP contribution in [0.25, 0.3) is 11.4 Å². The van der Waals surface area contributed by atoms with Gasteiger partial charge in [-0.3, -0.25) is 0 Å². The van der Waals surface area contributed by atoms with Crippen LogP contribution in [0.1, 0.15) is 32.0 Å². The van der Waals surface area contributed by atoms with E-state index in [1.807, 2.05) is 12.1 Å². The van der Waals surface area contributed by atoms with E-state index in [-0.39, 0.29) is 5.41 Å². The Bertz CT molecular complexity index is 735. The number of fused-ring (bicyclic) bond motifs is 1. The van der Waals surface area contributed by atoms with Gasteiger partial charge in [-0.25, -0.2) is 4.98 Å². The summed E-state index contributed by atoms with van der Waals surface area (Å²) in [5.74, 6) is 1.93. The van der Waals surface area contributed by atoms with Crippen molar-refractivity contribution < 1.29 is 4.74 Å². The van der Waals surface area contributed by atoms with Gasteiger partial charge in [0.2, 0.25) is 0 Å². The summed E-state index contributed by atoms with van der Waals surface area (Å²) in [6.07, 6.45) is 2.09. The first-order chi connectivity index (χ1) is 10.5. The molecule has 0 N–H and O–H groups in total. The number of pyridine rings is 1. The van der Waals surface area contributed by atoms with Crippen LogP contribution in [0.5, 0.6) is 5.75 Å². The molecule has 114 valence electrons. The minimum atomic E-state index is 0.0664. The van der Waals surface area contributed by atoms with E-state index in [0.717, 1.165) is 23.8 Å². The number of rotatable bonds is 3. The minimum absolute atomic E-state index is 0.0664. The van der Waals surface area contributed by atoms with E-state index in [0.29, 0.717) is 0 Å². The minimum Gasteiger partial charge on any atom is -0.497 e. The Morgan fingerprint density at radius 2 is 1.82 bits per heavy atom. The summed E-state index contributed by atoms with van der Waals surface area (Å²) in [5.41, 5.74) is 3.63. The van der Waals surface area contributed by atoms with Gasteiger partial charge in [0.05, 0.1) is 7.11 Å². The zero-order valence-corrected chi connectivity index (χ0v) is 13.6. The summed E-state index contributed by atoms with van der Waals surface area (Å²) in [6, 6.07) is 14.6. The number of ether oxygens (including phenoxy) is 1. The summed E-state index contributed by atoms with van der Waals surface area (Å²) in [5, 5.41) is 0. The lowest BCUT2D eigenvalue weighted by Crippen LogP contribution is -2.11. The molecular formula is C19H22N2O. The van der Waals surface area contributed by atoms with E-state index < -0.39 is 0 Å². The van der Waals surface area contributed by atoms with Gasteiger partial charge in [-0.05, 0) is 35.9 Å². The normalized spacial score (nSPS) is 11.8. The molecule has 3 heteroatoms. The van der Waals surface area contributed by atoms with E-state index in [9.17, 15) is 0 Å². The summed E-state index contributed by atoms with van der Waals surface area (Å²) in [7, 11) is 1.69. The van der Waals surface area contributed by atoms with Gasteiger partial charge in [-0.2, -0.15) is 0 Å². The number of methoxy groups -OCH3 is 1. The maximum absolute atomic E-state index is 5.21. The van der Waals surface area contributed by atoms with Gasteiger partial charge in [0.25, 0.3) is 0 Å². The molecule has 2 heterocycles. The van der Waals surface area contributed by atoms with E-state index >= 15 is 0 Å². The fourth-order valence-electron chi connectivity index (χ4n) is 2.54. The molecule has 0 saturated carbocycles. The van der Waals surface area contributed by atoms with Crippen LogP contribution in [0.15, 0.2) is 48.7 Å². The Hall–Kier alpha value is -2.29. The highest BCUT2D eigenvalue weighted by Gasteiger charge is 2.21.